The van der Waals surface area contributed by atoms with Gasteiger partial charge in [-0.2, -0.15) is 0 Å². The molecule has 140 valence electrons. The zero-order valence-electron chi connectivity index (χ0n) is 15.4. The number of likely N-dealkylation sites (tertiary alicyclic amines) is 1. The number of nitrogens with zero attached hydrogens (tertiary/aromatic N) is 1. The molecule has 0 bridgehead atoms. The predicted molar refractivity (Wildman–Crippen MR) is 104 cm³/mol. The first kappa shape index (κ1) is 25.2. The van der Waals surface area contributed by atoms with Crippen LogP contribution in [-0.4, -0.2) is 43.0 Å². The number of piperidine rings is 1. The average molecular weight is 370 g/mol. The third-order valence-corrected chi connectivity index (χ3v) is 4.51. The summed E-state index contributed by atoms with van der Waals surface area (Å²) in [6.45, 7) is 14.9. The Kier molecular flexibility index (Phi) is 12.6. The van der Waals surface area contributed by atoms with Crippen LogP contribution in [0, 0.1) is 17.3 Å². The maximum atomic E-state index is 12.0. The largest absolute Gasteiger partial charge is 0.354 e. The summed E-state index contributed by atoms with van der Waals surface area (Å²) in [6.07, 6.45) is 3.65. The van der Waals surface area contributed by atoms with Crippen LogP contribution < -0.4 is 11.1 Å². The number of amides is 1. The monoisotopic (exact) mass is 369 g/mol. The van der Waals surface area contributed by atoms with Crippen molar-refractivity contribution in [2.45, 2.75) is 59.9 Å². The van der Waals surface area contributed by atoms with Crippen LogP contribution in [0.25, 0.3) is 0 Å². The number of nitrogens with two attached hydrogens (primary N) is 1. The van der Waals surface area contributed by atoms with E-state index in [1.807, 2.05) is 20.8 Å². The molecule has 0 spiro atoms. The van der Waals surface area contributed by atoms with Crippen molar-refractivity contribution in [3.8, 4) is 0 Å². The van der Waals surface area contributed by atoms with Crippen LogP contribution in [0.5, 0.6) is 0 Å². The third kappa shape index (κ3) is 9.75. The SMILES string of the molecule is CC(C)CCN1CCC(CNC(=O)[C@@H](N)C(C)(C)C)CC1.Cl.Cl. The van der Waals surface area contributed by atoms with Crippen molar-refractivity contribution >= 4 is 30.7 Å². The van der Waals surface area contributed by atoms with Crippen molar-refractivity contribution < 1.29 is 4.79 Å². The molecule has 1 rings (SSSR count). The fourth-order valence-electron chi connectivity index (χ4n) is 2.60. The highest BCUT2D eigenvalue weighted by molar-refractivity contribution is 5.85. The fraction of sp³-hybridized carbons (Fsp3) is 0.941. The average Bonchev–Trinajstić information content (AvgIpc) is 2.41. The smallest absolute Gasteiger partial charge is 0.237 e. The molecule has 6 heteroatoms. The number of carbonyl (C=O) groups excluding carboxylic acids is 1. The maximum Gasteiger partial charge on any atom is 0.237 e. The second-order valence-corrected chi connectivity index (χ2v) is 8.06. The van der Waals surface area contributed by atoms with Gasteiger partial charge in [-0.15, -0.1) is 24.8 Å². The minimum atomic E-state index is -0.427. The van der Waals surface area contributed by atoms with E-state index in [-0.39, 0.29) is 36.1 Å². The third-order valence-electron chi connectivity index (χ3n) is 4.51. The molecule has 3 N–H and O–H groups in total. The Hall–Kier alpha value is -0.0300. The van der Waals surface area contributed by atoms with Gasteiger partial charge in [-0.1, -0.05) is 34.6 Å². The molecule has 1 saturated heterocycles. The molecule has 0 unspecified atom stereocenters. The number of nitrogens with one attached hydrogen (secondary N) is 1. The number of rotatable bonds is 6. The van der Waals surface area contributed by atoms with Gasteiger partial charge in [-0.05, 0) is 56.1 Å². The first-order valence-electron chi connectivity index (χ1n) is 8.45. The van der Waals surface area contributed by atoms with Crippen LogP contribution in [0.15, 0.2) is 0 Å². The highest BCUT2D eigenvalue weighted by Crippen LogP contribution is 2.19. The Morgan fingerprint density at radius 2 is 1.74 bits per heavy atom. The number of hydrogen-bond donors (Lipinski definition) is 2. The summed E-state index contributed by atoms with van der Waals surface area (Å²) < 4.78 is 0. The lowest BCUT2D eigenvalue weighted by atomic mass is 9.86. The van der Waals surface area contributed by atoms with Crippen LogP contribution in [0.2, 0.25) is 0 Å². The molecule has 4 nitrogen and oxygen atoms in total. The molecule has 1 amide bonds. The van der Waals surface area contributed by atoms with Crippen molar-refractivity contribution in [1.82, 2.24) is 10.2 Å². The number of hydrogen-bond acceptors (Lipinski definition) is 3. The molecule has 1 heterocycles. The molecule has 1 aliphatic heterocycles. The first-order valence-corrected chi connectivity index (χ1v) is 8.45. The summed E-state index contributed by atoms with van der Waals surface area (Å²) in [4.78, 5) is 14.6. The van der Waals surface area contributed by atoms with Crippen molar-refractivity contribution in [2.24, 2.45) is 23.0 Å². The van der Waals surface area contributed by atoms with Gasteiger partial charge in [0.1, 0.15) is 0 Å². The quantitative estimate of drug-likeness (QED) is 0.756. The van der Waals surface area contributed by atoms with Gasteiger partial charge in [0.25, 0.3) is 0 Å². The van der Waals surface area contributed by atoms with Crippen LogP contribution in [0.1, 0.15) is 53.9 Å². The van der Waals surface area contributed by atoms with E-state index < -0.39 is 6.04 Å². The molecule has 0 aromatic heterocycles. The predicted octanol–water partition coefficient (Wildman–Crippen LogP) is 3.08. The van der Waals surface area contributed by atoms with Gasteiger partial charge in [0.05, 0.1) is 6.04 Å². The zero-order chi connectivity index (χ0) is 16.0. The first-order chi connectivity index (χ1) is 9.70. The molecule has 0 aromatic rings. The summed E-state index contributed by atoms with van der Waals surface area (Å²) in [5, 5.41) is 3.04. The Morgan fingerprint density at radius 3 is 2.17 bits per heavy atom. The van der Waals surface area contributed by atoms with Crippen LogP contribution in [0.4, 0.5) is 0 Å². The highest BCUT2D eigenvalue weighted by Gasteiger charge is 2.28. The van der Waals surface area contributed by atoms with E-state index in [1.165, 1.54) is 38.9 Å². The molecule has 23 heavy (non-hydrogen) atoms. The fourth-order valence-corrected chi connectivity index (χ4v) is 2.60. The van der Waals surface area contributed by atoms with Gasteiger partial charge >= 0.3 is 0 Å². The Bertz CT molecular complexity index is 324. The molecule has 0 saturated carbocycles. The molecule has 0 radical (unpaired) electrons. The molecule has 0 aromatic carbocycles. The van der Waals surface area contributed by atoms with E-state index in [9.17, 15) is 4.79 Å². The summed E-state index contributed by atoms with van der Waals surface area (Å²) in [5.74, 6) is 1.38. The van der Waals surface area contributed by atoms with E-state index >= 15 is 0 Å². The van der Waals surface area contributed by atoms with E-state index in [2.05, 4.69) is 24.1 Å². The topological polar surface area (TPSA) is 58.4 Å². The molecule has 1 atom stereocenters. The van der Waals surface area contributed by atoms with Crippen LogP contribution >= 0.6 is 24.8 Å². The number of carbonyl (C=O) groups is 1. The molecular formula is C17H37Cl2N3O. The summed E-state index contributed by atoms with van der Waals surface area (Å²) in [7, 11) is 0. The second kappa shape index (κ2) is 11.5. The van der Waals surface area contributed by atoms with E-state index in [1.54, 1.807) is 0 Å². The van der Waals surface area contributed by atoms with E-state index in [0.717, 1.165) is 12.5 Å². The Morgan fingerprint density at radius 1 is 1.22 bits per heavy atom. The lowest BCUT2D eigenvalue weighted by molar-refractivity contribution is -0.124. The summed E-state index contributed by atoms with van der Waals surface area (Å²) >= 11 is 0. The van der Waals surface area contributed by atoms with Crippen LogP contribution in [0.3, 0.4) is 0 Å². The second-order valence-electron chi connectivity index (χ2n) is 8.06. The van der Waals surface area contributed by atoms with Crippen LogP contribution in [-0.2, 0) is 4.79 Å². The Labute approximate surface area is 155 Å². The van der Waals surface area contributed by atoms with Gasteiger partial charge < -0.3 is 16.0 Å². The van der Waals surface area contributed by atoms with Gasteiger partial charge in [0, 0.05) is 6.54 Å². The molecule has 0 aliphatic carbocycles. The van der Waals surface area contributed by atoms with Crippen molar-refractivity contribution in [2.75, 3.05) is 26.2 Å². The zero-order valence-corrected chi connectivity index (χ0v) is 17.1. The summed E-state index contributed by atoms with van der Waals surface area (Å²) in [6, 6.07) is -0.427. The lowest BCUT2D eigenvalue weighted by Gasteiger charge is -2.33. The molecule has 1 fully saturated rings. The standard InChI is InChI=1S/C17H35N3O.2ClH/c1-13(2)6-9-20-10-7-14(8-11-20)12-19-16(21)15(18)17(3,4)5;;/h13-15H,6-12,18H2,1-5H3,(H,19,21);2*1H/t15-;;/m1../s1. The molecular weight excluding hydrogens is 333 g/mol. The van der Waals surface area contributed by atoms with Crippen molar-refractivity contribution in [3.05, 3.63) is 0 Å². The maximum absolute atomic E-state index is 12.0. The minimum Gasteiger partial charge on any atom is -0.354 e. The number of halogens is 2. The normalized spacial score (nSPS) is 18.0. The minimum absolute atomic E-state index is 0. The van der Waals surface area contributed by atoms with Gasteiger partial charge in [-0.25, -0.2) is 0 Å². The van der Waals surface area contributed by atoms with E-state index in [4.69, 9.17) is 5.73 Å². The van der Waals surface area contributed by atoms with Crippen molar-refractivity contribution in [1.29, 1.82) is 0 Å². The van der Waals surface area contributed by atoms with Crippen molar-refractivity contribution in [3.63, 3.8) is 0 Å². The van der Waals surface area contributed by atoms with E-state index in [0.29, 0.717) is 5.92 Å². The van der Waals surface area contributed by atoms with Gasteiger partial charge in [0.15, 0.2) is 0 Å². The lowest BCUT2D eigenvalue weighted by Crippen LogP contribution is -2.50. The molecule has 1 aliphatic rings. The Balaban J connectivity index is 0. The summed E-state index contributed by atoms with van der Waals surface area (Å²) in [5.41, 5.74) is 5.80. The van der Waals surface area contributed by atoms with Gasteiger partial charge in [-0.3, -0.25) is 4.79 Å². The highest BCUT2D eigenvalue weighted by atomic mass is 35.5. The van der Waals surface area contributed by atoms with Gasteiger partial charge in [0.2, 0.25) is 5.91 Å².